The van der Waals surface area contributed by atoms with Crippen LogP contribution in [0.1, 0.15) is 27.2 Å². The van der Waals surface area contributed by atoms with Gasteiger partial charge in [0.15, 0.2) is 0 Å². The fourth-order valence-electron chi connectivity index (χ4n) is 1.64. The lowest BCUT2D eigenvalue weighted by Gasteiger charge is -2.34. The van der Waals surface area contributed by atoms with Gasteiger partial charge in [0.05, 0.1) is 6.61 Å². The van der Waals surface area contributed by atoms with Crippen LogP contribution < -0.4 is 11.1 Å². The SMILES string of the molecule is CCCNC(C)(CN(C)C(C)COC)C(N)=O. The van der Waals surface area contributed by atoms with E-state index in [1.807, 2.05) is 14.0 Å². The maximum Gasteiger partial charge on any atom is 0.238 e. The van der Waals surface area contributed by atoms with Crippen molar-refractivity contribution < 1.29 is 9.53 Å². The molecule has 3 N–H and O–H groups in total. The van der Waals surface area contributed by atoms with Gasteiger partial charge in [0, 0.05) is 19.7 Å². The first-order chi connectivity index (χ1) is 7.87. The van der Waals surface area contributed by atoms with Crippen LogP contribution in [-0.2, 0) is 9.53 Å². The Labute approximate surface area is 105 Å². The van der Waals surface area contributed by atoms with Crippen molar-refractivity contribution in [1.29, 1.82) is 0 Å². The molecule has 0 radical (unpaired) electrons. The molecule has 0 aliphatic carbocycles. The Hall–Kier alpha value is -0.650. The number of rotatable bonds is 9. The van der Waals surface area contributed by atoms with E-state index >= 15 is 0 Å². The summed E-state index contributed by atoms with van der Waals surface area (Å²) in [6.07, 6.45) is 0.972. The monoisotopic (exact) mass is 245 g/mol. The van der Waals surface area contributed by atoms with E-state index in [4.69, 9.17) is 10.5 Å². The van der Waals surface area contributed by atoms with Crippen LogP contribution in [0.2, 0.25) is 0 Å². The van der Waals surface area contributed by atoms with Gasteiger partial charge < -0.3 is 15.8 Å². The van der Waals surface area contributed by atoms with Gasteiger partial charge >= 0.3 is 0 Å². The first-order valence-electron chi connectivity index (χ1n) is 6.11. The number of carbonyl (C=O) groups is 1. The van der Waals surface area contributed by atoms with Crippen molar-refractivity contribution in [2.24, 2.45) is 5.73 Å². The minimum atomic E-state index is -0.688. The van der Waals surface area contributed by atoms with E-state index in [1.54, 1.807) is 7.11 Å². The Bertz CT molecular complexity index is 236. The Morgan fingerprint density at radius 2 is 2.18 bits per heavy atom. The molecule has 0 aliphatic rings. The fraction of sp³-hybridized carbons (Fsp3) is 0.917. The van der Waals surface area contributed by atoms with E-state index in [1.165, 1.54) is 0 Å². The third-order valence-corrected chi connectivity index (χ3v) is 3.03. The second-order valence-electron chi connectivity index (χ2n) is 4.84. The van der Waals surface area contributed by atoms with E-state index in [2.05, 4.69) is 24.1 Å². The molecule has 0 fully saturated rings. The predicted molar refractivity (Wildman–Crippen MR) is 69.9 cm³/mol. The highest BCUT2D eigenvalue weighted by Gasteiger charge is 2.32. The Morgan fingerprint density at radius 1 is 1.59 bits per heavy atom. The molecule has 5 heteroatoms. The molecule has 0 saturated carbocycles. The number of likely N-dealkylation sites (N-methyl/N-ethyl adjacent to an activating group) is 1. The highest BCUT2D eigenvalue weighted by molar-refractivity contribution is 5.84. The molecular weight excluding hydrogens is 218 g/mol. The van der Waals surface area contributed by atoms with E-state index in [9.17, 15) is 4.79 Å². The van der Waals surface area contributed by atoms with Gasteiger partial charge in [-0.25, -0.2) is 0 Å². The van der Waals surface area contributed by atoms with Gasteiger partial charge in [-0.15, -0.1) is 0 Å². The molecule has 0 bridgehead atoms. The van der Waals surface area contributed by atoms with Crippen LogP contribution in [0.25, 0.3) is 0 Å². The number of carbonyl (C=O) groups excluding carboxylic acids is 1. The van der Waals surface area contributed by atoms with Crippen molar-refractivity contribution in [3.63, 3.8) is 0 Å². The van der Waals surface area contributed by atoms with E-state index in [0.717, 1.165) is 13.0 Å². The number of nitrogens with one attached hydrogen (secondary N) is 1. The molecule has 1 amide bonds. The summed E-state index contributed by atoms with van der Waals surface area (Å²) in [6.45, 7) is 7.97. The van der Waals surface area contributed by atoms with Gasteiger partial charge in [-0.2, -0.15) is 0 Å². The average molecular weight is 245 g/mol. The van der Waals surface area contributed by atoms with E-state index < -0.39 is 5.54 Å². The van der Waals surface area contributed by atoms with Gasteiger partial charge in [0.1, 0.15) is 5.54 Å². The fourth-order valence-corrected chi connectivity index (χ4v) is 1.64. The maximum atomic E-state index is 11.5. The molecule has 0 rings (SSSR count). The molecule has 2 atom stereocenters. The quantitative estimate of drug-likeness (QED) is 0.609. The second kappa shape index (κ2) is 7.63. The molecule has 0 aromatic rings. The van der Waals surface area contributed by atoms with E-state index in [-0.39, 0.29) is 11.9 Å². The molecule has 0 saturated heterocycles. The Kier molecular flexibility index (Phi) is 7.34. The van der Waals surface area contributed by atoms with Crippen molar-refractivity contribution >= 4 is 5.91 Å². The number of primary amides is 1. The third-order valence-electron chi connectivity index (χ3n) is 3.03. The number of nitrogens with zero attached hydrogens (tertiary/aromatic N) is 1. The highest BCUT2D eigenvalue weighted by Crippen LogP contribution is 2.08. The average Bonchev–Trinajstić information content (AvgIpc) is 2.26. The zero-order chi connectivity index (χ0) is 13.5. The number of methoxy groups -OCH3 is 1. The van der Waals surface area contributed by atoms with Crippen molar-refractivity contribution in [2.45, 2.75) is 38.8 Å². The predicted octanol–water partition coefficient (Wildman–Crippen LogP) is 0.197. The third kappa shape index (κ3) is 5.48. The minimum absolute atomic E-state index is 0.252. The van der Waals surface area contributed by atoms with Crippen molar-refractivity contribution in [3.8, 4) is 0 Å². The normalized spacial score (nSPS) is 16.8. The molecule has 102 valence electrons. The maximum absolute atomic E-state index is 11.5. The van der Waals surface area contributed by atoms with Gasteiger partial charge in [0.2, 0.25) is 5.91 Å². The van der Waals surface area contributed by atoms with Gasteiger partial charge in [-0.1, -0.05) is 6.92 Å². The lowest BCUT2D eigenvalue weighted by Crippen LogP contribution is -2.60. The molecule has 0 aromatic heterocycles. The Morgan fingerprint density at radius 3 is 2.59 bits per heavy atom. The van der Waals surface area contributed by atoms with E-state index in [0.29, 0.717) is 13.2 Å². The molecule has 0 heterocycles. The second-order valence-corrected chi connectivity index (χ2v) is 4.84. The van der Waals surface area contributed by atoms with Crippen molar-refractivity contribution in [3.05, 3.63) is 0 Å². The number of amides is 1. The first kappa shape index (κ1) is 16.4. The molecule has 5 nitrogen and oxygen atoms in total. The molecule has 17 heavy (non-hydrogen) atoms. The summed E-state index contributed by atoms with van der Waals surface area (Å²) in [5.74, 6) is -0.317. The zero-order valence-corrected chi connectivity index (χ0v) is 11.7. The van der Waals surface area contributed by atoms with Gasteiger partial charge in [0.25, 0.3) is 0 Å². The first-order valence-corrected chi connectivity index (χ1v) is 6.11. The molecular formula is C12H27N3O2. The van der Waals surface area contributed by atoms with Crippen LogP contribution in [0.5, 0.6) is 0 Å². The van der Waals surface area contributed by atoms with Crippen LogP contribution in [-0.4, -0.2) is 56.2 Å². The Balaban J connectivity index is 4.47. The summed E-state index contributed by atoms with van der Waals surface area (Å²) in [4.78, 5) is 13.6. The smallest absolute Gasteiger partial charge is 0.238 e. The minimum Gasteiger partial charge on any atom is -0.383 e. The lowest BCUT2D eigenvalue weighted by atomic mass is 10.00. The van der Waals surface area contributed by atoms with Crippen molar-refractivity contribution in [1.82, 2.24) is 10.2 Å². The number of nitrogens with two attached hydrogens (primary N) is 1. The highest BCUT2D eigenvalue weighted by atomic mass is 16.5. The summed E-state index contributed by atoms with van der Waals surface area (Å²) in [5, 5.41) is 3.22. The summed E-state index contributed by atoms with van der Waals surface area (Å²) >= 11 is 0. The summed E-state index contributed by atoms with van der Waals surface area (Å²) in [7, 11) is 3.64. The number of ether oxygens (including phenoxy) is 1. The van der Waals surface area contributed by atoms with Crippen LogP contribution >= 0.6 is 0 Å². The van der Waals surface area contributed by atoms with Crippen molar-refractivity contribution in [2.75, 3.05) is 33.9 Å². The van der Waals surface area contributed by atoms with Gasteiger partial charge in [-0.3, -0.25) is 9.69 Å². The standard InChI is InChI=1S/C12H27N3O2/c1-6-7-14-12(3,11(13)16)9-15(4)10(2)8-17-5/h10,14H,6-9H2,1-5H3,(H2,13,16). The lowest BCUT2D eigenvalue weighted by molar-refractivity contribution is -0.124. The molecule has 2 unspecified atom stereocenters. The molecule has 0 aromatic carbocycles. The van der Waals surface area contributed by atoms with Crippen LogP contribution in [0, 0.1) is 0 Å². The zero-order valence-electron chi connectivity index (χ0n) is 11.7. The topological polar surface area (TPSA) is 67.6 Å². The largest absolute Gasteiger partial charge is 0.383 e. The van der Waals surface area contributed by atoms with Gasteiger partial charge in [-0.05, 0) is 33.9 Å². The summed E-state index contributed by atoms with van der Waals surface area (Å²) in [6, 6.07) is 0.252. The summed E-state index contributed by atoms with van der Waals surface area (Å²) < 4.78 is 5.10. The number of hydrogen-bond donors (Lipinski definition) is 2. The van der Waals surface area contributed by atoms with Crippen LogP contribution in [0.4, 0.5) is 0 Å². The van der Waals surface area contributed by atoms with Crippen LogP contribution in [0.15, 0.2) is 0 Å². The number of hydrogen-bond acceptors (Lipinski definition) is 4. The van der Waals surface area contributed by atoms with Crippen LogP contribution in [0.3, 0.4) is 0 Å². The molecule has 0 aliphatic heterocycles. The molecule has 0 spiro atoms. The summed E-state index contributed by atoms with van der Waals surface area (Å²) in [5.41, 5.74) is 4.79.